The van der Waals surface area contributed by atoms with Gasteiger partial charge in [0.05, 0.1) is 17.1 Å². The van der Waals surface area contributed by atoms with Gasteiger partial charge in [-0.25, -0.2) is 0 Å². The van der Waals surface area contributed by atoms with Crippen LogP contribution in [0.25, 0.3) is 10.9 Å². The quantitative estimate of drug-likeness (QED) is 0.667. The first-order valence-corrected chi connectivity index (χ1v) is 9.07. The number of hydrogen-bond acceptors (Lipinski definition) is 5. The molecule has 0 saturated carbocycles. The molecule has 7 nitrogen and oxygen atoms in total. The highest BCUT2D eigenvalue weighted by Crippen LogP contribution is 2.33. The molecule has 2 saturated heterocycles. The van der Waals surface area contributed by atoms with E-state index in [2.05, 4.69) is 27.4 Å². The molecular formula is C19H22N4O3. The molecule has 1 N–H and O–H groups in total. The molecule has 2 fully saturated rings. The van der Waals surface area contributed by atoms with Crippen molar-refractivity contribution < 1.29 is 14.4 Å². The van der Waals surface area contributed by atoms with Crippen molar-refractivity contribution in [2.24, 2.45) is 13.0 Å². The molecule has 1 unspecified atom stereocenters. The van der Waals surface area contributed by atoms with Gasteiger partial charge in [0.15, 0.2) is 0 Å². The number of anilines is 1. The number of aryl methyl sites for hydroxylation is 1. The molecular weight excluding hydrogens is 332 g/mol. The second kappa shape index (κ2) is 6.55. The number of benzene rings is 1. The van der Waals surface area contributed by atoms with Gasteiger partial charge in [0.1, 0.15) is 6.29 Å². The summed E-state index contributed by atoms with van der Waals surface area (Å²) in [6, 6.07) is 6.17. The van der Waals surface area contributed by atoms with Crippen LogP contribution in [0.5, 0.6) is 0 Å². The molecule has 7 heteroatoms. The average Bonchev–Trinajstić information content (AvgIpc) is 2.98. The van der Waals surface area contributed by atoms with Crippen molar-refractivity contribution >= 4 is 34.7 Å². The van der Waals surface area contributed by atoms with Gasteiger partial charge in [-0.1, -0.05) is 0 Å². The summed E-state index contributed by atoms with van der Waals surface area (Å²) in [4.78, 5) is 36.8. The van der Waals surface area contributed by atoms with E-state index in [1.807, 2.05) is 13.1 Å². The van der Waals surface area contributed by atoms with Crippen LogP contribution >= 0.6 is 0 Å². The number of imide groups is 1. The second-order valence-corrected chi connectivity index (χ2v) is 7.17. The van der Waals surface area contributed by atoms with E-state index >= 15 is 0 Å². The maximum atomic E-state index is 12.2. The lowest BCUT2D eigenvalue weighted by atomic mass is 9.92. The summed E-state index contributed by atoms with van der Waals surface area (Å²) in [5.74, 6) is -0.690. The van der Waals surface area contributed by atoms with Gasteiger partial charge >= 0.3 is 0 Å². The lowest BCUT2D eigenvalue weighted by molar-refractivity contribution is -0.134. The van der Waals surface area contributed by atoms with Gasteiger partial charge in [-0.2, -0.15) is 5.10 Å². The van der Waals surface area contributed by atoms with Crippen molar-refractivity contribution in [1.82, 2.24) is 15.1 Å². The molecule has 26 heavy (non-hydrogen) atoms. The van der Waals surface area contributed by atoms with E-state index in [9.17, 15) is 14.4 Å². The van der Waals surface area contributed by atoms with E-state index in [1.165, 1.54) is 0 Å². The number of piperidine rings is 2. The molecule has 2 aliphatic rings. The minimum atomic E-state index is -0.384. The van der Waals surface area contributed by atoms with Crippen molar-refractivity contribution in [3.63, 3.8) is 0 Å². The highest BCUT2D eigenvalue weighted by Gasteiger charge is 2.31. The van der Waals surface area contributed by atoms with Gasteiger partial charge in [-0.05, 0) is 37.5 Å². The zero-order chi connectivity index (χ0) is 18.3. The van der Waals surface area contributed by atoms with Crippen LogP contribution in [-0.4, -0.2) is 41.0 Å². The topological polar surface area (TPSA) is 84.3 Å². The Morgan fingerprint density at radius 2 is 1.96 bits per heavy atom. The smallest absolute Gasteiger partial charge is 0.235 e. The fourth-order valence-electron chi connectivity index (χ4n) is 3.98. The number of hydrogen-bond donors (Lipinski definition) is 1. The SMILES string of the molecule is Cn1nc(C2CCC(=O)NC2=O)c2ccc(N3CCC(C=O)CC3)cc21. The summed E-state index contributed by atoms with van der Waals surface area (Å²) in [5, 5.41) is 7.94. The molecule has 1 atom stereocenters. The first-order chi connectivity index (χ1) is 12.6. The van der Waals surface area contributed by atoms with Crippen LogP contribution in [0.3, 0.4) is 0 Å². The van der Waals surface area contributed by atoms with Crippen LogP contribution in [0.4, 0.5) is 5.69 Å². The van der Waals surface area contributed by atoms with Crippen molar-refractivity contribution in [3.05, 3.63) is 23.9 Å². The van der Waals surface area contributed by atoms with Gasteiger partial charge in [0.2, 0.25) is 11.8 Å². The molecule has 2 amide bonds. The zero-order valence-corrected chi connectivity index (χ0v) is 14.8. The molecule has 0 spiro atoms. The summed E-state index contributed by atoms with van der Waals surface area (Å²) >= 11 is 0. The maximum Gasteiger partial charge on any atom is 0.235 e. The molecule has 1 aromatic heterocycles. The fraction of sp³-hybridized carbons (Fsp3) is 0.474. The largest absolute Gasteiger partial charge is 0.371 e. The van der Waals surface area contributed by atoms with Crippen molar-refractivity contribution in [2.45, 2.75) is 31.6 Å². The number of aromatic nitrogens is 2. The number of carbonyl (C=O) groups excluding carboxylic acids is 3. The first-order valence-electron chi connectivity index (χ1n) is 9.07. The Balaban J connectivity index is 1.64. The van der Waals surface area contributed by atoms with Gasteiger partial charge in [-0.3, -0.25) is 19.6 Å². The summed E-state index contributed by atoms with van der Waals surface area (Å²) < 4.78 is 1.80. The molecule has 1 aromatic carbocycles. The van der Waals surface area contributed by atoms with Gasteiger partial charge in [-0.15, -0.1) is 0 Å². The summed E-state index contributed by atoms with van der Waals surface area (Å²) in [7, 11) is 1.88. The van der Waals surface area contributed by atoms with E-state index in [0.29, 0.717) is 12.8 Å². The minimum Gasteiger partial charge on any atom is -0.371 e. The third kappa shape index (κ3) is 2.87. The van der Waals surface area contributed by atoms with Crippen LogP contribution in [0.2, 0.25) is 0 Å². The van der Waals surface area contributed by atoms with Crippen molar-refractivity contribution in [3.8, 4) is 0 Å². The average molecular weight is 354 g/mol. The third-order valence-corrected chi connectivity index (χ3v) is 5.53. The number of carbonyl (C=O) groups is 3. The Bertz CT molecular complexity index is 880. The first kappa shape index (κ1) is 16.8. The number of nitrogens with zero attached hydrogens (tertiary/aromatic N) is 3. The Morgan fingerprint density at radius 1 is 1.19 bits per heavy atom. The minimum absolute atomic E-state index is 0.172. The van der Waals surface area contributed by atoms with E-state index in [0.717, 1.165) is 54.5 Å². The van der Waals surface area contributed by atoms with E-state index in [1.54, 1.807) is 4.68 Å². The summed E-state index contributed by atoms with van der Waals surface area (Å²) in [5.41, 5.74) is 2.82. The molecule has 0 bridgehead atoms. The maximum absolute atomic E-state index is 12.2. The van der Waals surface area contributed by atoms with E-state index in [-0.39, 0.29) is 23.7 Å². The third-order valence-electron chi connectivity index (χ3n) is 5.53. The molecule has 0 radical (unpaired) electrons. The highest BCUT2D eigenvalue weighted by atomic mass is 16.2. The number of nitrogens with one attached hydrogen (secondary N) is 1. The zero-order valence-electron chi connectivity index (χ0n) is 14.8. The molecule has 2 aromatic rings. The Hall–Kier alpha value is -2.70. The van der Waals surface area contributed by atoms with Gasteiger partial charge in [0, 0.05) is 43.5 Å². The van der Waals surface area contributed by atoms with E-state index < -0.39 is 0 Å². The number of fused-ring (bicyclic) bond motifs is 1. The highest BCUT2D eigenvalue weighted by molar-refractivity contribution is 6.02. The Labute approximate surface area is 151 Å². The standard InChI is InChI=1S/C19H22N4O3/c1-22-16-10-13(23-8-6-12(11-24)7-9-23)2-3-14(16)18(21-22)15-4-5-17(25)20-19(15)26/h2-3,10-12,15H,4-9H2,1H3,(H,20,25,26). The van der Waals surface area contributed by atoms with Crippen molar-refractivity contribution in [2.75, 3.05) is 18.0 Å². The second-order valence-electron chi connectivity index (χ2n) is 7.17. The lowest BCUT2D eigenvalue weighted by Crippen LogP contribution is -2.39. The van der Waals surface area contributed by atoms with Crippen LogP contribution in [-0.2, 0) is 21.4 Å². The lowest BCUT2D eigenvalue weighted by Gasteiger charge is -2.31. The summed E-state index contributed by atoms with van der Waals surface area (Å²) in [6.07, 6.45) is 3.67. The monoisotopic (exact) mass is 354 g/mol. The molecule has 0 aliphatic carbocycles. The molecule has 3 heterocycles. The van der Waals surface area contributed by atoms with E-state index in [4.69, 9.17) is 0 Å². The van der Waals surface area contributed by atoms with Crippen molar-refractivity contribution in [1.29, 1.82) is 0 Å². The predicted octanol–water partition coefficient (Wildman–Crippen LogP) is 1.51. The predicted molar refractivity (Wildman–Crippen MR) is 96.8 cm³/mol. The summed E-state index contributed by atoms with van der Waals surface area (Å²) in [6.45, 7) is 1.74. The van der Waals surface area contributed by atoms with Gasteiger partial charge < -0.3 is 9.69 Å². The Morgan fingerprint density at radius 3 is 2.65 bits per heavy atom. The number of amides is 2. The Kier molecular flexibility index (Phi) is 4.22. The molecule has 136 valence electrons. The fourth-order valence-corrected chi connectivity index (χ4v) is 3.98. The number of rotatable bonds is 3. The normalized spacial score (nSPS) is 21.9. The van der Waals surface area contributed by atoms with Crippen LogP contribution in [0.15, 0.2) is 18.2 Å². The van der Waals surface area contributed by atoms with Crippen LogP contribution in [0, 0.1) is 5.92 Å². The van der Waals surface area contributed by atoms with Crippen LogP contribution < -0.4 is 10.2 Å². The van der Waals surface area contributed by atoms with Crippen LogP contribution in [0.1, 0.15) is 37.3 Å². The number of aldehydes is 1. The molecule has 2 aliphatic heterocycles. The van der Waals surface area contributed by atoms with Gasteiger partial charge in [0.25, 0.3) is 0 Å². The molecule has 4 rings (SSSR count).